The molecule has 1 N–H and O–H groups in total. The summed E-state index contributed by atoms with van der Waals surface area (Å²) in [5.74, 6) is 0.0929. The molecule has 0 spiro atoms. The first-order chi connectivity index (χ1) is 10.6. The van der Waals surface area contributed by atoms with E-state index in [-0.39, 0.29) is 11.9 Å². The van der Waals surface area contributed by atoms with Crippen LogP contribution in [0, 0.1) is 0 Å². The SMILES string of the molecule is CC.CNc1cnn(C2CCN(C(=O)/C=C/CN(C)C)C2)c1. The summed E-state index contributed by atoms with van der Waals surface area (Å²) in [7, 11) is 5.84. The van der Waals surface area contributed by atoms with Crippen molar-refractivity contribution in [2.75, 3.05) is 46.1 Å². The van der Waals surface area contributed by atoms with Crippen LogP contribution in [0.3, 0.4) is 0 Å². The van der Waals surface area contributed by atoms with E-state index >= 15 is 0 Å². The maximum Gasteiger partial charge on any atom is 0.246 e. The third-order valence-electron chi connectivity index (χ3n) is 3.47. The van der Waals surface area contributed by atoms with Crippen LogP contribution in [0.2, 0.25) is 0 Å². The lowest BCUT2D eigenvalue weighted by Crippen LogP contribution is -2.27. The van der Waals surface area contributed by atoms with Crippen LogP contribution in [0.25, 0.3) is 0 Å². The summed E-state index contributed by atoms with van der Waals surface area (Å²) in [5.41, 5.74) is 1.00. The quantitative estimate of drug-likeness (QED) is 0.844. The Morgan fingerprint density at radius 3 is 2.82 bits per heavy atom. The highest BCUT2D eigenvalue weighted by Crippen LogP contribution is 2.22. The lowest BCUT2D eigenvalue weighted by Gasteiger charge is -2.14. The van der Waals surface area contributed by atoms with Crippen molar-refractivity contribution in [3.63, 3.8) is 0 Å². The number of nitrogens with one attached hydrogen (secondary N) is 1. The van der Waals surface area contributed by atoms with Gasteiger partial charge in [0.05, 0.1) is 17.9 Å². The molecule has 0 radical (unpaired) electrons. The van der Waals surface area contributed by atoms with Crippen LogP contribution in [-0.4, -0.2) is 66.3 Å². The molecule has 1 amide bonds. The van der Waals surface area contributed by atoms with Crippen LogP contribution >= 0.6 is 0 Å². The van der Waals surface area contributed by atoms with Crippen molar-refractivity contribution in [1.29, 1.82) is 0 Å². The predicted molar refractivity (Wildman–Crippen MR) is 91.0 cm³/mol. The summed E-state index contributed by atoms with van der Waals surface area (Å²) >= 11 is 0. The Hall–Kier alpha value is -1.82. The number of likely N-dealkylation sites (tertiary alicyclic amines) is 1. The molecule has 6 nitrogen and oxygen atoms in total. The van der Waals surface area contributed by atoms with E-state index < -0.39 is 0 Å². The van der Waals surface area contributed by atoms with Gasteiger partial charge in [-0.2, -0.15) is 5.10 Å². The van der Waals surface area contributed by atoms with Gasteiger partial charge >= 0.3 is 0 Å². The number of amides is 1. The maximum atomic E-state index is 12.0. The van der Waals surface area contributed by atoms with Gasteiger partial charge in [0.25, 0.3) is 0 Å². The van der Waals surface area contributed by atoms with E-state index in [2.05, 4.69) is 10.4 Å². The summed E-state index contributed by atoms with van der Waals surface area (Å²) in [6.45, 7) is 6.31. The topological polar surface area (TPSA) is 53.4 Å². The smallest absolute Gasteiger partial charge is 0.246 e. The third kappa shape index (κ3) is 5.18. The molecule has 1 aromatic rings. The number of carbonyl (C=O) groups excluding carboxylic acids is 1. The summed E-state index contributed by atoms with van der Waals surface area (Å²) in [4.78, 5) is 16.0. The molecule has 2 heterocycles. The molecule has 1 saturated heterocycles. The molecule has 124 valence electrons. The molecule has 6 heteroatoms. The summed E-state index contributed by atoms with van der Waals surface area (Å²) < 4.78 is 1.95. The van der Waals surface area contributed by atoms with Crippen molar-refractivity contribution in [3.8, 4) is 0 Å². The van der Waals surface area contributed by atoms with Crippen molar-refractivity contribution in [2.24, 2.45) is 0 Å². The fourth-order valence-corrected chi connectivity index (χ4v) is 2.29. The van der Waals surface area contributed by atoms with Gasteiger partial charge in [-0.15, -0.1) is 0 Å². The van der Waals surface area contributed by atoms with Gasteiger partial charge in [0.15, 0.2) is 0 Å². The van der Waals surface area contributed by atoms with E-state index in [1.54, 1.807) is 6.08 Å². The van der Waals surface area contributed by atoms with E-state index in [0.717, 1.165) is 31.7 Å². The number of rotatable bonds is 5. The van der Waals surface area contributed by atoms with Crippen molar-refractivity contribution in [3.05, 3.63) is 24.5 Å². The van der Waals surface area contributed by atoms with Gasteiger partial charge in [-0.3, -0.25) is 9.48 Å². The number of hydrogen-bond donors (Lipinski definition) is 1. The molecule has 1 atom stereocenters. The number of nitrogens with zero attached hydrogens (tertiary/aromatic N) is 4. The minimum atomic E-state index is 0.0929. The van der Waals surface area contributed by atoms with E-state index in [4.69, 9.17) is 0 Å². The first-order valence-corrected chi connectivity index (χ1v) is 7.92. The van der Waals surface area contributed by atoms with Crippen LogP contribution in [0.5, 0.6) is 0 Å². The highest BCUT2D eigenvalue weighted by Gasteiger charge is 2.26. The van der Waals surface area contributed by atoms with E-state index in [1.807, 2.05) is 67.9 Å². The molecular formula is C16H29N5O. The van der Waals surface area contributed by atoms with Crippen molar-refractivity contribution in [2.45, 2.75) is 26.3 Å². The normalized spacial score (nSPS) is 17.7. The zero-order valence-electron chi connectivity index (χ0n) is 14.4. The second-order valence-corrected chi connectivity index (χ2v) is 5.35. The van der Waals surface area contributed by atoms with Crippen molar-refractivity contribution < 1.29 is 4.79 Å². The van der Waals surface area contributed by atoms with Crippen molar-refractivity contribution in [1.82, 2.24) is 19.6 Å². The molecule has 1 aliphatic rings. The maximum absolute atomic E-state index is 12.0. The zero-order valence-corrected chi connectivity index (χ0v) is 14.4. The van der Waals surface area contributed by atoms with E-state index in [0.29, 0.717) is 0 Å². The van der Waals surface area contributed by atoms with Gasteiger partial charge < -0.3 is 15.1 Å². The highest BCUT2D eigenvalue weighted by molar-refractivity contribution is 5.87. The lowest BCUT2D eigenvalue weighted by atomic mass is 10.3. The van der Waals surface area contributed by atoms with Gasteiger partial charge in [0.1, 0.15) is 0 Å². The zero-order chi connectivity index (χ0) is 16.5. The Kier molecular flexibility index (Phi) is 7.66. The Morgan fingerprint density at radius 2 is 2.23 bits per heavy atom. The first-order valence-electron chi connectivity index (χ1n) is 7.92. The third-order valence-corrected chi connectivity index (χ3v) is 3.47. The van der Waals surface area contributed by atoms with E-state index in [1.165, 1.54) is 0 Å². The highest BCUT2D eigenvalue weighted by atomic mass is 16.2. The molecule has 1 unspecified atom stereocenters. The van der Waals surface area contributed by atoms with Gasteiger partial charge in [-0.25, -0.2) is 0 Å². The molecular weight excluding hydrogens is 278 g/mol. The molecule has 0 saturated carbocycles. The van der Waals surface area contributed by atoms with Gasteiger partial charge in [0.2, 0.25) is 5.91 Å². The Bertz CT molecular complexity index is 481. The molecule has 0 bridgehead atoms. The van der Waals surface area contributed by atoms with E-state index in [9.17, 15) is 4.79 Å². The molecule has 1 aromatic heterocycles. The lowest BCUT2D eigenvalue weighted by molar-refractivity contribution is -0.125. The Labute approximate surface area is 133 Å². The predicted octanol–water partition coefficient (Wildman–Crippen LogP) is 1.84. The summed E-state index contributed by atoms with van der Waals surface area (Å²) in [5, 5.41) is 7.40. The molecule has 22 heavy (non-hydrogen) atoms. The molecule has 0 aromatic carbocycles. The minimum Gasteiger partial charge on any atom is -0.386 e. The monoisotopic (exact) mass is 307 g/mol. The van der Waals surface area contributed by atoms with Gasteiger partial charge in [-0.05, 0) is 20.5 Å². The summed E-state index contributed by atoms with van der Waals surface area (Å²) in [6, 6.07) is 0.281. The molecule has 0 aliphatic carbocycles. The van der Waals surface area contributed by atoms with Gasteiger partial charge in [-0.1, -0.05) is 19.9 Å². The van der Waals surface area contributed by atoms with Crippen LogP contribution in [0.4, 0.5) is 5.69 Å². The number of anilines is 1. The van der Waals surface area contributed by atoms with Crippen molar-refractivity contribution >= 4 is 11.6 Å². The first kappa shape index (κ1) is 18.2. The molecule has 1 aliphatic heterocycles. The van der Waals surface area contributed by atoms with Crippen LogP contribution in [0.15, 0.2) is 24.5 Å². The average molecular weight is 307 g/mol. The summed E-state index contributed by atoms with van der Waals surface area (Å²) in [6.07, 6.45) is 8.33. The molecule has 2 rings (SSSR count). The van der Waals surface area contributed by atoms with Crippen LogP contribution in [0.1, 0.15) is 26.3 Å². The number of likely N-dealkylation sites (N-methyl/N-ethyl adjacent to an activating group) is 1. The van der Waals surface area contributed by atoms with Gasteiger partial charge in [0, 0.05) is 39.0 Å². The van der Waals surface area contributed by atoms with Crippen LogP contribution in [-0.2, 0) is 4.79 Å². The fraction of sp³-hybridized carbons (Fsp3) is 0.625. The molecule has 1 fully saturated rings. The van der Waals surface area contributed by atoms with Crippen LogP contribution < -0.4 is 5.32 Å². The number of carbonyl (C=O) groups is 1. The number of aromatic nitrogens is 2. The second kappa shape index (κ2) is 9.25. The minimum absolute atomic E-state index is 0.0929. The standard InChI is InChI=1S/C14H23N5O.C2H6/c1-15-12-9-16-19(10-12)13-6-8-18(11-13)14(20)5-4-7-17(2)3;1-2/h4-5,9-10,13,15H,6-8,11H2,1-3H3;1-2H3/b5-4+;. The average Bonchev–Trinajstić information content (AvgIpc) is 3.17. The Balaban J connectivity index is 0.00000116. The largest absolute Gasteiger partial charge is 0.386 e. The fourth-order valence-electron chi connectivity index (χ4n) is 2.29. The Morgan fingerprint density at radius 1 is 1.50 bits per heavy atom. The second-order valence-electron chi connectivity index (χ2n) is 5.35. The number of hydrogen-bond acceptors (Lipinski definition) is 4.